The second-order valence-corrected chi connectivity index (χ2v) is 6.76. The molecule has 3 aromatic carbocycles. The van der Waals surface area contributed by atoms with Crippen molar-refractivity contribution >= 4 is 11.9 Å². The third-order valence-corrected chi connectivity index (χ3v) is 4.48. The summed E-state index contributed by atoms with van der Waals surface area (Å²) in [5.41, 5.74) is 2.27. The highest BCUT2D eigenvalue weighted by molar-refractivity contribution is 5.92. The number of esters is 1. The molecule has 0 aliphatic rings. The lowest BCUT2D eigenvalue weighted by atomic mass is 10.1. The maximum atomic E-state index is 13.1. The Kier molecular flexibility index (Phi) is 6.63. The van der Waals surface area contributed by atoms with Crippen molar-refractivity contribution in [3.05, 3.63) is 102 Å². The van der Waals surface area contributed by atoms with Gasteiger partial charge in [-0.3, -0.25) is 4.79 Å². The van der Waals surface area contributed by atoms with Crippen molar-refractivity contribution in [1.82, 2.24) is 4.90 Å². The fourth-order valence-electron chi connectivity index (χ4n) is 2.95. The van der Waals surface area contributed by atoms with Crippen molar-refractivity contribution in [2.45, 2.75) is 26.1 Å². The quantitative estimate of drug-likeness (QED) is 0.616. The zero-order valence-electron chi connectivity index (χ0n) is 16.2. The predicted octanol–water partition coefficient (Wildman–Crippen LogP) is 4.17. The van der Waals surface area contributed by atoms with Crippen LogP contribution in [0, 0.1) is 0 Å². The van der Waals surface area contributed by atoms with E-state index in [1.165, 1.54) is 24.3 Å². The Balaban J connectivity index is 1.73. The van der Waals surface area contributed by atoms with Crippen LogP contribution in [0.15, 0.2) is 84.9 Å². The lowest BCUT2D eigenvalue weighted by Gasteiger charge is -2.26. The number of carbonyl (C=O) groups is 2. The smallest absolute Gasteiger partial charge is 0.338 e. The van der Waals surface area contributed by atoms with Gasteiger partial charge in [-0.15, -0.1) is 0 Å². The maximum absolute atomic E-state index is 13.1. The zero-order chi connectivity index (χ0) is 20.6. The highest BCUT2D eigenvalue weighted by Crippen LogP contribution is 2.15. The van der Waals surface area contributed by atoms with E-state index < -0.39 is 12.1 Å². The number of hydrogen-bond donors (Lipinski definition) is 1. The summed E-state index contributed by atoms with van der Waals surface area (Å²) in [7, 11) is 0. The largest absolute Gasteiger partial charge is 0.508 e. The van der Waals surface area contributed by atoms with Gasteiger partial charge >= 0.3 is 5.97 Å². The highest BCUT2D eigenvalue weighted by Gasteiger charge is 2.25. The van der Waals surface area contributed by atoms with Gasteiger partial charge in [0.05, 0.1) is 5.56 Å². The summed E-state index contributed by atoms with van der Waals surface area (Å²) in [5.74, 6) is -0.822. The minimum absolute atomic E-state index is 0.0579. The summed E-state index contributed by atoms with van der Waals surface area (Å²) in [6.07, 6.45) is -0.941. The average Bonchev–Trinajstić information content (AvgIpc) is 2.74. The van der Waals surface area contributed by atoms with Crippen LogP contribution in [0.1, 0.15) is 28.4 Å². The third kappa shape index (κ3) is 5.69. The van der Waals surface area contributed by atoms with E-state index >= 15 is 0 Å². The Morgan fingerprint density at radius 2 is 1.31 bits per heavy atom. The maximum Gasteiger partial charge on any atom is 0.338 e. The molecule has 0 spiro atoms. The molecule has 3 aromatic rings. The highest BCUT2D eigenvalue weighted by atomic mass is 16.5. The summed E-state index contributed by atoms with van der Waals surface area (Å²) >= 11 is 0. The number of amides is 1. The normalized spacial score (nSPS) is 11.5. The van der Waals surface area contributed by atoms with Crippen LogP contribution in [0.4, 0.5) is 0 Å². The van der Waals surface area contributed by atoms with Crippen LogP contribution >= 0.6 is 0 Å². The summed E-state index contributed by atoms with van der Waals surface area (Å²) in [6, 6.07) is 25.1. The van der Waals surface area contributed by atoms with Gasteiger partial charge < -0.3 is 14.7 Å². The number of rotatable bonds is 7. The minimum atomic E-state index is -0.941. The first-order chi connectivity index (χ1) is 14.0. The van der Waals surface area contributed by atoms with Crippen molar-refractivity contribution < 1.29 is 19.4 Å². The third-order valence-electron chi connectivity index (χ3n) is 4.48. The molecule has 0 bridgehead atoms. The molecule has 29 heavy (non-hydrogen) atoms. The monoisotopic (exact) mass is 389 g/mol. The van der Waals surface area contributed by atoms with E-state index in [-0.39, 0.29) is 17.2 Å². The van der Waals surface area contributed by atoms with E-state index in [0.717, 1.165) is 11.1 Å². The first-order valence-corrected chi connectivity index (χ1v) is 9.39. The number of aromatic hydroxyl groups is 1. The van der Waals surface area contributed by atoms with Crippen LogP contribution < -0.4 is 0 Å². The van der Waals surface area contributed by atoms with E-state index in [9.17, 15) is 14.7 Å². The fourth-order valence-corrected chi connectivity index (χ4v) is 2.95. The summed E-state index contributed by atoms with van der Waals surface area (Å²) in [5, 5.41) is 9.35. The molecule has 0 aromatic heterocycles. The first-order valence-electron chi connectivity index (χ1n) is 9.39. The van der Waals surface area contributed by atoms with Crippen LogP contribution in [0.5, 0.6) is 5.75 Å². The average molecular weight is 389 g/mol. The number of benzene rings is 3. The second kappa shape index (κ2) is 9.55. The van der Waals surface area contributed by atoms with Gasteiger partial charge in [0.25, 0.3) is 5.91 Å². The fraction of sp³-hybridized carbons (Fsp3) is 0.167. The standard InChI is InChI=1S/C24H23NO4/c1-18(29-24(28)21-12-14-22(26)15-13-21)23(27)25(16-19-8-4-2-5-9-19)17-20-10-6-3-7-11-20/h2-15,18,26H,16-17H2,1H3/t18-/m0/s1. The number of carbonyl (C=O) groups excluding carboxylic acids is 2. The Labute approximate surface area is 170 Å². The lowest BCUT2D eigenvalue weighted by Crippen LogP contribution is -2.39. The lowest BCUT2D eigenvalue weighted by molar-refractivity contribution is -0.141. The first kappa shape index (κ1) is 20.1. The molecule has 0 heterocycles. The molecule has 1 amide bonds. The van der Waals surface area contributed by atoms with Gasteiger partial charge in [0.15, 0.2) is 6.10 Å². The van der Waals surface area contributed by atoms with Crippen molar-refractivity contribution in [2.75, 3.05) is 0 Å². The predicted molar refractivity (Wildman–Crippen MR) is 110 cm³/mol. The van der Waals surface area contributed by atoms with Gasteiger partial charge in [-0.2, -0.15) is 0 Å². The van der Waals surface area contributed by atoms with Crippen LogP contribution in [-0.2, 0) is 22.6 Å². The SMILES string of the molecule is C[C@H](OC(=O)c1ccc(O)cc1)C(=O)N(Cc1ccccc1)Cc1ccccc1. The van der Waals surface area contributed by atoms with Gasteiger partial charge in [-0.05, 0) is 42.3 Å². The van der Waals surface area contributed by atoms with E-state index in [1.807, 2.05) is 60.7 Å². The number of phenols is 1. The number of ether oxygens (including phenoxy) is 1. The summed E-state index contributed by atoms with van der Waals surface area (Å²) in [4.78, 5) is 27.1. The number of phenolic OH excluding ortho intramolecular Hbond substituents is 1. The van der Waals surface area contributed by atoms with E-state index in [0.29, 0.717) is 13.1 Å². The van der Waals surface area contributed by atoms with Crippen molar-refractivity contribution in [2.24, 2.45) is 0 Å². The molecule has 1 atom stereocenters. The Bertz CT molecular complexity index is 898. The van der Waals surface area contributed by atoms with Crippen LogP contribution in [0.3, 0.4) is 0 Å². The molecule has 3 rings (SSSR count). The molecule has 0 radical (unpaired) electrons. The second-order valence-electron chi connectivity index (χ2n) is 6.76. The van der Waals surface area contributed by atoms with Crippen molar-refractivity contribution in [3.63, 3.8) is 0 Å². The molecule has 5 nitrogen and oxygen atoms in total. The van der Waals surface area contributed by atoms with E-state index in [2.05, 4.69) is 0 Å². The molecule has 1 N–H and O–H groups in total. The van der Waals surface area contributed by atoms with Gasteiger partial charge in [0.1, 0.15) is 5.75 Å². The Morgan fingerprint density at radius 1 is 0.828 bits per heavy atom. The summed E-state index contributed by atoms with van der Waals surface area (Å²) < 4.78 is 5.38. The van der Waals surface area contributed by atoms with E-state index in [1.54, 1.807) is 11.8 Å². The van der Waals surface area contributed by atoms with Crippen molar-refractivity contribution in [3.8, 4) is 5.75 Å². The molecule has 5 heteroatoms. The molecule has 0 aliphatic carbocycles. The molecular formula is C24H23NO4. The van der Waals surface area contributed by atoms with Crippen LogP contribution in [0.25, 0.3) is 0 Å². The number of hydrogen-bond acceptors (Lipinski definition) is 4. The van der Waals surface area contributed by atoms with Gasteiger partial charge in [-0.1, -0.05) is 60.7 Å². The molecular weight excluding hydrogens is 366 g/mol. The summed E-state index contributed by atoms with van der Waals surface area (Å²) in [6.45, 7) is 2.40. The van der Waals surface area contributed by atoms with Crippen LogP contribution in [0.2, 0.25) is 0 Å². The van der Waals surface area contributed by atoms with Gasteiger partial charge in [-0.25, -0.2) is 4.79 Å². The Hall–Kier alpha value is -3.60. The van der Waals surface area contributed by atoms with Crippen LogP contribution in [-0.4, -0.2) is 28.0 Å². The van der Waals surface area contributed by atoms with E-state index in [4.69, 9.17) is 4.74 Å². The molecule has 0 aliphatic heterocycles. The minimum Gasteiger partial charge on any atom is -0.508 e. The molecule has 148 valence electrons. The molecule has 0 fully saturated rings. The van der Waals surface area contributed by atoms with Gasteiger partial charge in [0.2, 0.25) is 0 Å². The topological polar surface area (TPSA) is 66.8 Å². The van der Waals surface area contributed by atoms with Gasteiger partial charge in [0, 0.05) is 13.1 Å². The van der Waals surface area contributed by atoms with Crippen molar-refractivity contribution in [1.29, 1.82) is 0 Å². The molecule has 0 saturated carbocycles. The zero-order valence-corrected chi connectivity index (χ0v) is 16.2. The Morgan fingerprint density at radius 3 is 1.79 bits per heavy atom. The number of nitrogens with zero attached hydrogens (tertiary/aromatic N) is 1. The molecule has 0 saturated heterocycles. The molecule has 0 unspecified atom stereocenters.